The molecular weight excluding hydrogens is 251 g/mol. The Morgan fingerprint density at radius 2 is 1.85 bits per heavy atom. The topological polar surface area (TPSA) is 15.3 Å². The maximum absolute atomic E-state index is 13.1. The second-order valence-electron chi connectivity index (χ2n) is 5.01. The van der Waals surface area contributed by atoms with Gasteiger partial charge in [0.1, 0.15) is 5.82 Å². The van der Waals surface area contributed by atoms with Gasteiger partial charge in [-0.25, -0.2) is 4.39 Å². The van der Waals surface area contributed by atoms with Gasteiger partial charge in [0.2, 0.25) is 0 Å². The predicted octanol–water partition coefficient (Wildman–Crippen LogP) is 3.76. The van der Waals surface area contributed by atoms with Crippen molar-refractivity contribution in [3.05, 3.63) is 66.0 Å². The molecule has 0 atom stereocenters. The first-order valence-corrected chi connectivity index (χ1v) is 6.96. The van der Waals surface area contributed by atoms with Crippen LogP contribution >= 0.6 is 0 Å². The second-order valence-corrected chi connectivity index (χ2v) is 5.01. The number of nitrogens with one attached hydrogen (secondary N) is 1. The zero-order valence-corrected chi connectivity index (χ0v) is 11.8. The summed E-state index contributed by atoms with van der Waals surface area (Å²) in [6.45, 7) is 2.71. The quantitative estimate of drug-likeness (QED) is 0.772. The third-order valence-electron chi connectivity index (χ3n) is 3.16. The smallest absolute Gasteiger partial charge is 0.123 e. The van der Waals surface area contributed by atoms with Crippen molar-refractivity contribution in [2.24, 2.45) is 0 Å². The van der Waals surface area contributed by atoms with Crippen LogP contribution in [0.15, 0.2) is 54.6 Å². The highest BCUT2D eigenvalue weighted by Crippen LogP contribution is 2.07. The van der Waals surface area contributed by atoms with E-state index in [1.165, 1.54) is 6.07 Å². The van der Waals surface area contributed by atoms with Crippen molar-refractivity contribution in [3.8, 4) is 0 Å². The lowest BCUT2D eigenvalue weighted by Crippen LogP contribution is -2.21. The van der Waals surface area contributed by atoms with Crippen LogP contribution in [0.25, 0.3) is 0 Å². The maximum Gasteiger partial charge on any atom is 0.123 e. The lowest BCUT2D eigenvalue weighted by Gasteiger charge is -2.17. The number of hydrogen-bond donors (Lipinski definition) is 1. The summed E-state index contributed by atoms with van der Waals surface area (Å²) in [5.41, 5.74) is 2.17. The Morgan fingerprint density at radius 3 is 2.60 bits per heavy atom. The Morgan fingerprint density at radius 1 is 1.05 bits per heavy atom. The summed E-state index contributed by atoms with van der Waals surface area (Å²) in [5, 5.41) is 3.39. The number of halogens is 1. The van der Waals surface area contributed by atoms with Crippen LogP contribution in [0.4, 0.5) is 10.1 Å². The number of rotatable bonds is 7. The molecule has 20 heavy (non-hydrogen) atoms. The number of anilines is 1. The standard InChI is InChI=1S/C17H21FN2/c1-20(14-15-7-5-8-16(18)13-15)12-6-11-19-17-9-3-2-4-10-17/h2-5,7-10,13,19H,6,11-12,14H2,1H3. The molecule has 1 N–H and O–H groups in total. The zero-order valence-electron chi connectivity index (χ0n) is 11.8. The van der Waals surface area contributed by atoms with Gasteiger partial charge in [-0.1, -0.05) is 30.3 Å². The molecule has 0 amide bonds. The van der Waals surface area contributed by atoms with E-state index in [0.717, 1.165) is 37.3 Å². The fourth-order valence-corrected chi connectivity index (χ4v) is 2.16. The van der Waals surface area contributed by atoms with Crippen molar-refractivity contribution < 1.29 is 4.39 Å². The molecule has 3 heteroatoms. The number of para-hydroxylation sites is 1. The van der Waals surface area contributed by atoms with E-state index >= 15 is 0 Å². The largest absolute Gasteiger partial charge is 0.385 e. The second kappa shape index (κ2) is 7.65. The molecule has 0 saturated carbocycles. The molecule has 2 rings (SSSR count). The number of nitrogens with zero attached hydrogens (tertiary/aromatic N) is 1. The van der Waals surface area contributed by atoms with Gasteiger partial charge in [0, 0.05) is 18.8 Å². The molecule has 0 aliphatic carbocycles. The van der Waals surface area contributed by atoms with Gasteiger partial charge in [-0.2, -0.15) is 0 Å². The van der Waals surface area contributed by atoms with Gasteiger partial charge in [0.25, 0.3) is 0 Å². The minimum absolute atomic E-state index is 0.165. The zero-order chi connectivity index (χ0) is 14.2. The molecule has 0 heterocycles. The third kappa shape index (κ3) is 5.02. The molecule has 2 nitrogen and oxygen atoms in total. The summed E-state index contributed by atoms with van der Waals surface area (Å²) in [6, 6.07) is 17.0. The molecule has 0 radical (unpaired) electrons. The fourth-order valence-electron chi connectivity index (χ4n) is 2.16. The summed E-state index contributed by atoms with van der Waals surface area (Å²) < 4.78 is 13.1. The summed E-state index contributed by atoms with van der Waals surface area (Å²) in [4.78, 5) is 2.21. The Balaban J connectivity index is 1.66. The molecule has 106 valence electrons. The normalized spacial score (nSPS) is 10.8. The SMILES string of the molecule is CN(CCCNc1ccccc1)Cc1cccc(F)c1. The van der Waals surface area contributed by atoms with E-state index in [1.807, 2.05) is 24.3 Å². The minimum atomic E-state index is -0.165. The van der Waals surface area contributed by atoms with E-state index in [9.17, 15) is 4.39 Å². The van der Waals surface area contributed by atoms with E-state index in [4.69, 9.17) is 0 Å². The van der Waals surface area contributed by atoms with Crippen LogP contribution in [0.3, 0.4) is 0 Å². The first-order valence-electron chi connectivity index (χ1n) is 6.96. The molecular formula is C17H21FN2. The van der Waals surface area contributed by atoms with Crippen molar-refractivity contribution in [1.29, 1.82) is 0 Å². The van der Waals surface area contributed by atoms with Crippen LogP contribution in [0.5, 0.6) is 0 Å². The van der Waals surface area contributed by atoms with Gasteiger partial charge in [0.15, 0.2) is 0 Å². The molecule has 0 unspecified atom stereocenters. The van der Waals surface area contributed by atoms with Crippen LogP contribution in [0, 0.1) is 5.82 Å². The minimum Gasteiger partial charge on any atom is -0.385 e. The molecule has 0 saturated heterocycles. The van der Waals surface area contributed by atoms with E-state index in [1.54, 1.807) is 12.1 Å². The van der Waals surface area contributed by atoms with Gasteiger partial charge in [-0.05, 0) is 49.8 Å². The van der Waals surface area contributed by atoms with Crippen molar-refractivity contribution in [1.82, 2.24) is 4.90 Å². The van der Waals surface area contributed by atoms with E-state index in [0.29, 0.717) is 0 Å². The average Bonchev–Trinajstić information content (AvgIpc) is 2.45. The highest BCUT2D eigenvalue weighted by atomic mass is 19.1. The fraction of sp³-hybridized carbons (Fsp3) is 0.294. The van der Waals surface area contributed by atoms with Crippen molar-refractivity contribution in [3.63, 3.8) is 0 Å². The van der Waals surface area contributed by atoms with Gasteiger partial charge >= 0.3 is 0 Å². The average molecular weight is 272 g/mol. The van der Waals surface area contributed by atoms with E-state index < -0.39 is 0 Å². The Bertz CT molecular complexity index is 513. The highest BCUT2D eigenvalue weighted by Gasteiger charge is 2.01. The monoisotopic (exact) mass is 272 g/mol. The molecule has 0 bridgehead atoms. The van der Waals surface area contributed by atoms with E-state index in [2.05, 4.69) is 29.4 Å². The Kier molecular flexibility index (Phi) is 5.56. The molecule has 0 aliphatic heterocycles. The summed E-state index contributed by atoms with van der Waals surface area (Å²) in [6.07, 6.45) is 1.06. The van der Waals surface area contributed by atoms with Gasteiger partial charge in [-0.3, -0.25) is 0 Å². The van der Waals surface area contributed by atoms with Gasteiger partial charge < -0.3 is 10.2 Å². The Hall–Kier alpha value is -1.87. The van der Waals surface area contributed by atoms with Crippen molar-refractivity contribution in [2.75, 3.05) is 25.5 Å². The third-order valence-corrected chi connectivity index (χ3v) is 3.16. The van der Waals surface area contributed by atoms with Gasteiger partial charge in [-0.15, -0.1) is 0 Å². The Labute approximate surface area is 120 Å². The lowest BCUT2D eigenvalue weighted by molar-refractivity contribution is 0.325. The molecule has 0 fully saturated rings. The number of hydrogen-bond acceptors (Lipinski definition) is 2. The summed E-state index contributed by atoms with van der Waals surface area (Å²) in [7, 11) is 2.06. The molecule has 0 spiro atoms. The molecule has 0 aromatic heterocycles. The van der Waals surface area contributed by atoms with Crippen LogP contribution in [-0.2, 0) is 6.54 Å². The van der Waals surface area contributed by atoms with Crippen molar-refractivity contribution in [2.45, 2.75) is 13.0 Å². The van der Waals surface area contributed by atoms with Crippen molar-refractivity contribution >= 4 is 5.69 Å². The van der Waals surface area contributed by atoms with Crippen LogP contribution < -0.4 is 5.32 Å². The summed E-state index contributed by atoms with van der Waals surface area (Å²) >= 11 is 0. The van der Waals surface area contributed by atoms with Gasteiger partial charge in [0.05, 0.1) is 0 Å². The van der Waals surface area contributed by atoms with Crippen LogP contribution in [0.2, 0.25) is 0 Å². The van der Waals surface area contributed by atoms with E-state index in [-0.39, 0.29) is 5.82 Å². The molecule has 2 aromatic carbocycles. The molecule has 0 aliphatic rings. The highest BCUT2D eigenvalue weighted by molar-refractivity contribution is 5.42. The first kappa shape index (κ1) is 14.5. The van der Waals surface area contributed by atoms with Crippen LogP contribution in [-0.4, -0.2) is 25.0 Å². The summed E-state index contributed by atoms with van der Waals surface area (Å²) in [5.74, 6) is -0.165. The number of benzene rings is 2. The maximum atomic E-state index is 13.1. The predicted molar refractivity (Wildman–Crippen MR) is 82.3 cm³/mol. The first-order chi connectivity index (χ1) is 9.74. The van der Waals surface area contributed by atoms with Crippen LogP contribution in [0.1, 0.15) is 12.0 Å². The molecule has 2 aromatic rings. The lowest BCUT2D eigenvalue weighted by atomic mass is 10.2.